The number of nitrogens with zero attached hydrogens (tertiary/aromatic N) is 2. The molecule has 53 heavy (non-hydrogen) atoms. The van der Waals surface area contributed by atoms with Crippen molar-refractivity contribution in [3.05, 3.63) is 218 Å². The topological polar surface area (TPSA) is 6.48 Å². The maximum absolute atomic E-state index is 17.2. The number of benzene rings is 9. The van der Waals surface area contributed by atoms with E-state index in [1.807, 2.05) is 66.7 Å². The Labute approximate surface area is 309 Å². The van der Waals surface area contributed by atoms with Gasteiger partial charge in [0, 0.05) is 34.0 Å². The first-order valence-electron chi connectivity index (χ1n) is 17.9. The molecular formula is C50H35FN2. The summed E-state index contributed by atoms with van der Waals surface area (Å²) in [6.07, 6.45) is 0. The minimum atomic E-state index is -0.293. The molecule has 9 aromatic carbocycles. The molecule has 0 radical (unpaired) electrons. The van der Waals surface area contributed by atoms with Gasteiger partial charge in [-0.15, -0.1) is 0 Å². The molecule has 0 unspecified atom stereocenters. The lowest BCUT2D eigenvalue weighted by Crippen LogP contribution is -2.14. The van der Waals surface area contributed by atoms with Crippen LogP contribution in [0.1, 0.15) is 0 Å². The molecule has 0 spiro atoms. The molecule has 0 aliphatic carbocycles. The van der Waals surface area contributed by atoms with E-state index >= 15 is 4.39 Å². The van der Waals surface area contributed by atoms with Crippen LogP contribution < -0.4 is 9.80 Å². The Bertz CT molecular complexity index is 2610. The first-order valence-corrected chi connectivity index (χ1v) is 17.9. The minimum absolute atomic E-state index is 0.293. The summed E-state index contributed by atoms with van der Waals surface area (Å²) in [5, 5.41) is 4.02. The van der Waals surface area contributed by atoms with E-state index in [0.717, 1.165) is 72.2 Å². The van der Waals surface area contributed by atoms with Crippen LogP contribution in [0.3, 0.4) is 0 Å². The van der Waals surface area contributed by atoms with Gasteiger partial charge < -0.3 is 9.80 Å². The number of fused-ring (bicyclic) bond motifs is 2. The highest BCUT2D eigenvalue weighted by molar-refractivity contribution is 6.10. The Hall–Kier alpha value is -6.97. The molecule has 9 rings (SSSR count). The molecule has 0 fully saturated rings. The molecule has 0 aliphatic heterocycles. The van der Waals surface area contributed by atoms with Gasteiger partial charge in [-0.25, -0.2) is 4.39 Å². The van der Waals surface area contributed by atoms with E-state index in [2.05, 4.69) is 149 Å². The van der Waals surface area contributed by atoms with Crippen molar-refractivity contribution in [2.45, 2.75) is 0 Å². The summed E-state index contributed by atoms with van der Waals surface area (Å²) >= 11 is 0. The molecule has 0 atom stereocenters. The second-order valence-electron chi connectivity index (χ2n) is 13.1. The normalized spacial score (nSPS) is 11.1. The molecule has 0 N–H and O–H groups in total. The number of hydrogen-bond acceptors (Lipinski definition) is 2. The molecular weight excluding hydrogens is 648 g/mol. The molecule has 0 amide bonds. The predicted molar refractivity (Wildman–Crippen MR) is 222 cm³/mol. The second-order valence-corrected chi connectivity index (χ2v) is 13.1. The van der Waals surface area contributed by atoms with Crippen LogP contribution in [0.4, 0.5) is 38.5 Å². The SMILES string of the molecule is Fc1cc2cc3cc(-c4ccccc4)ccc3cc2c(-c2ccccc2)c1N(c1ccccc1)c1ccc(N(c2ccccc2)c2ccccc2)cc1. The van der Waals surface area contributed by atoms with Gasteiger partial charge >= 0.3 is 0 Å². The van der Waals surface area contributed by atoms with Crippen LogP contribution in [0.15, 0.2) is 212 Å². The van der Waals surface area contributed by atoms with Gasteiger partial charge in [0.05, 0.1) is 5.69 Å². The summed E-state index contributed by atoms with van der Waals surface area (Å²) in [6.45, 7) is 0. The van der Waals surface area contributed by atoms with Gasteiger partial charge in [-0.3, -0.25) is 0 Å². The van der Waals surface area contributed by atoms with Crippen LogP contribution in [-0.4, -0.2) is 0 Å². The Kier molecular flexibility index (Phi) is 8.43. The fourth-order valence-corrected chi connectivity index (χ4v) is 7.37. The minimum Gasteiger partial charge on any atom is -0.311 e. The Balaban J connectivity index is 1.24. The first kappa shape index (κ1) is 32.0. The molecule has 0 aromatic heterocycles. The van der Waals surface area contributed by atoms with Crippen LogP contribution in [0.2, 0.25) is 0 Å². The van der Waals surface area contributed by atoms with Crippen molar-refractivity contribution in [3.8, 4) is 22.3 Å². The van der Waals surface area contributed by atoms with E-state index in [-0.39, 0.29) is 5.82 Å². The van der Waals surface area contributed by atoms with Gasteiger partial charge in [0.25, 0.3) is 0 Å². The summed E-state index contributed by atoms with van der Waals surface area (Å²) in [7, 11) is 0. The fourth-order valence-electron chi connectivity index (χ4n) is 7.37. The van der Waals surface area contributed by atoms with Crippen molar-refractivity contribution < 1.29 is 4.39 Å². The van der Waals surface area contributed by atoms with Gasteiger partial charge in [-0.1, -0.05) is 127 Å². The highest BCUT2D eigenvalue weighted by atomic mass is 19.1. The summed E-state index contributed by atoms with van der Waals surface area (Å²) < 4.78 is 17.2. The Morgan fingerprint density at radius 3 is 1.30 bits per heavy atom. The van der Waals surface area contributed by atoms with Crippen molar-refractivity contribution in [1.82, 2.24) is 0 Å². The van der Waals surface area contributed by atoms with E-state index in [9.17, 15) is 0 Å². The van der Waals surface area contributed by atoms with Crippen LogP contribution in [-0.2, 0) is 0 Å². The number of anilines is 6. The highest BCUT2D eigenvalue weighted by Gasteiger charge is 2.24. The molecule has 9 aromatic rings. The number of para-hydroxylation sites is 3. The van der Waals surface area contributed by atoms with Gasteiger partial charge in [0.1, 0.15) is 5.82 Å². The molecule has 0 saturated carbocycles. The Morgan fingerprint density at radius 1 is 0.302 bits per heavy atom. The zero-order chi connectivity index (χ0) is 35.6. The molecule has 0 saturated heterocycles. The van der Waals surface area contributed by atoms with E-state index in [4.69, 9.17) is 0 Å². The van der Waals surface area contributed by atoms with Gasteiger partial charge in [0.15, 0.2) is 0 Å². The monoisotopic (exact) mass is 682 g/mol. The summed E-state index contributed by atoms with van der Waals surface area (Å²) in [5.41, 5.74) is 9.42. The third-order valence-electron chi connectivity index (χ3n) is 9.83. The maximum Gasteiger partial charge on any atom is 0.148 e. The van der Waals surface area contributed by atoms with Crippen LogP contribution in [0, 0.1) is 5.82 Å². The summed E-state index contributed by atoms with van der Waals surface area (Å²) in [5.74, 6) is -0.293. The smallest absolute Gasteiger partial charge is 0.148 e. The largest absolute Gasteiger partial charge is 0.311 e. The highest BCUT2D eigenvalue weighted by Crippen LogP contribution is 2.47. The average molecular weight is 683 g/mol. The maximum atomic E-state index is 17.2. The zero-order valence-corrected chi connectivity index (χ0v) is 29.0. The standard InChI is InChI=1S/C50H35FN2/c51-48-35-41-33-40-32-38(36-16-6-1-7-17-36)26-27-39(40)34-47(41)49(37-18-8-2-9-19-37)50(48)53(44-24-14-5-15-25-44)46-30-28-45(29-31-46)52(42-20-10-3-11-21-42)43-22-12-4-13-23-43/h1-35H. The van der Waals surface area contributed by atoms with E-state index in [1.165, 1.54) is 0 Å². The lowest BCUT2D eigenvalue weighted by atomic mass is 9.91. The predicted octanol–water partition coefficient (Wildman–Crippen LogP) is 14.4. The van der Waals surface area contributed by atoms with Gasteiger partial charge in [0.2, 0.25) is 0 Å². The molecule has 3 heteroatoms. The van der Waals surface area contributed by atoms with E-state index < -0.39 is 0 Å². The molecule has 2 nitrogen and oxygen atoms in total. The summed E-state index contributed by atoms with van der Waals surface area (Å²) in [6, 6.07) is 72.3. The number of hydrogen-bond donors (Lipinski definition) is 0. The summed E-state index contributed by atoms with van der Waals surface area (Å²) in [4.78, 5) is 4.29. The van der Waals surface area contributed by atoms with Crippen LogP contribution in [0.25, 0.3) is 43.8 Å². The van der Waals surface area contributed by atoms with Crippen LogP contribution >= 0.6 is 0 Å². The number of rotatable bonds is 8. The van der Waals surface area contributed by atoms with Crippen molar-refractivity contribution in [2.75, 3.05) is 9.80 Å². The third-order valence-corrected chi connectivity index (χ3v) is 9.83. The molecule has 0 bridgehead atoms. The van der Waals surface area contributed by atoms with Crippen molar-refractivity contribution in [2.24, 2.45) is 0 Å². The molecule has 0 aliphatic rings. The van der Waals surface area contributed by atoms with Crippen molar-refractivity contribution in [3.63, 3.8) is 0 Å². The molecule has 252 valence electrons. The quantitative estimate of drug-likeness (QED) is 0.147. The van der Waals surface area contributed by atoms with Crippen molar-refractivity contribution >= 4 is 55.7 Å². The van der Waals surface area contributed by atoms with Gasteiger partial charge in [-0.05, 0) is 123 Å². The Morgan fingerprint density at radius 2 is 0.755 bits per heavy atom. The van der Waals surface area contributed by atoms with E-state index in [1.54, 1.807) is 6.07 Å². The third kappa shape index (κ3) is 6.19. The lowest BCUT2D eigenvalue weighted by Gasteiger charge is -2.30. The molecule has 0 heterocycles. The zero-order valence-electron chi connectivity index (χ0n) is 29.0. The second kappa shape index (κ2) is 14.0. The fraction of sp³-hybridized carbons (Fsp3) is 0. The van der Waals surface area contributed by atoms with Crippen molar-refractivity contribution in [1.29, 1.82) is 0 Å². The van der Waals surface area contributed by atoms with Gasteiger partial charge in [-0.2, -0.15) is 0 Å². The number of halogens is 1. The van der Waals surface area contributed by atoms with E-state index in [0.29, 0.717) is 5.69 Å². The lowest BCUT2D eigenvalue weighted by molar-refractivity contribution is 0.631. The average Bonchev–Trinajstić information content (AvgIpc) is 3.23. The van der Waals surface area contributed by atoms with Crippen LogP contribution in [0.5, 0.6) is 0 Å². The first-order chi connectivity index (χ1) is 26.2.